The van der Waals surface area contributed by atoms with Crippen molar-refractivity contribution >= 4 is 7.60 Å². The van der Waals surface area contributed by atoms with Gasteiger partial charge in [0.2, 0.25) is 0 Å². The third kappa shape index (κ3) is 1.91. The predicted octanol–water partition coefficient (Wildman–Crippen LogP) is 0.0538. The molecule has 1 aromatic rings. The molecule has 1 rings (SSSR count). The van der Waals surface area contributed by atoms with Crippen LogP contribution in [0.1, 0.15) is 18.3 Å². The van der Waals surface area contributed by atoms with Crippen molar-refractivity contribution in [2.24, 2.45) is 7.05 Å². The summed E-state index contributed by atoms with van der Waals surface area (Å²) in [6.07, 6.45) is 1.49. The van der Waals surface area contributed by atoms with Gasteiger partial charge < -0.3 is 9.79 Å². The standard InChI is InChI=1S/C5H10N3O3P/c1-4(12(9,10)11)5-3-8(2)7-6-5/h3-4H,1-2H3,(H2,9,10,11). The van der Waals surface area contributed by atoms with E-state index in [1.807, 2.05) is 0 Å². The van der Waals surface area contributed by atoms with E-state index < -0.39 is 13.3 Å². The fourth-order valence-corrected chi connectivity index (χ4v) is 1.19. The number of aromatic nitrogens is 3. The summed E-state index contributed by atoms with van der Waals surface area (Å²) in [4.78, 5) is 17.6. The first-order chi connectivity index (χ1) is 5.41. The lowest BCUT2D eigenvalue weighted by molar-refractivity contribution is 0.361. The van der Waals surface area contributed by atoms with Crippen LogP contribution in [-0.2, 0) is 11.6 Å². The minimum atomic E-state index is -4.08. The number of hydrogen-bond donors (Lipinski definition) is 2. The molecule has 0 bridgehead atoms. The second kappa shape index (κ2) is 2.97. The molecule has 68 valence electrons. The lowest BCUT2D eigenvalue weighted by Crippen LogP contribution is -1.94. The quantitative estimate of drug-likeness (QED) is 0.645. The number of aryl methyl sites for hydroxylation is 1. The molecule has 7 heteroatoms. The van der Waals surface area contributed by atoms with Crippen molar-refractivity contribution in [1.29, 1.82) is 0 Å². The van der Waals surface area contributed by atoms with E-state index in [0.29, 0.717) is 5.69 Å². The van der Waals surface area contributed by atoms with Crippen LogP contribution in [0.5, 0.6) is 0 Å². The molecule has 12 heavy (non-hydrogen) atoms. The largest absolute Gasteiger partial charge is 0.334 e. The van der Waals surface area contributed by atoms with Gasteiger partial charge in [0.25, 0.3) is 0 Å². The highest BCUT2D eigenvalue weighted by atomic mass is 31.2. The van der Waals surface area contributed by atoms with Crippen LogP contribution in [0, 0.1) is 0 Å². The Balaban J connectivity index is 2.93. The smallest absolute Gasteiger partial charge is 0.324 e. The zero-order valence-corrected chi connectivity index (χ0v) is 7.64. The Morgan fingerprint density at radius 1 is 1.67 bits per heavy atom. The molecule has 0 aliphatic rings. The molecule has 0 amide bonds. The molecule has 1 heterocycles. The molecule has 2 N–H and O–H groups in total. The Morgan fingerprint density at radius 3 is 2.58 bits per heavy atom. The topological polar surface area (TPSA) is 88.2 Å². The van der Waals surface area contributed by atoms with E-state index >= 15 is 0 Å². The maximum atomic E-state index is 10.8. The minimum Gasteiger partial charge on any atom is -0.324 e. The summed E-state index contributed by atoms with van der Waals surface area (Å²) in [5.41, 5.74) is -0.572. The SMILES string of the molecule is CC(c1cn(C)nn1)P(=O)(O)O. The van der Waals surface area contributed by atoms with E-state index in [1.54, 1.807) is 7.05 Å². The summed E-state index contributed by atoms with van der Waals surface area (Å²) in [6, 6.07) is 0. The number of nitrogens with zero attached hydrogens (tertiary/aromatic N) is 3. The molecule has 1 aromatic heterocycles. The molecule has 0 aliphatic carbocycles. The molecule has 0 radical (unpaired) electrons. The molecule has 0 fully saturated rings. The summed E-state index contributed by atoms with van der Waals surface area (Å²) in [7, 11) is -2.44. The number of rotatable bonds is 2. The molecular weight excluding hydrogens is 181 g/mol. The Bertz CT molecular complexity index is 317. The highest BCUT2D eigenvalue weighted by Crippen LogP contribution is 2.50. The molecule has 6 nitrogen and oxygen atoms in total. The van der Waals surface area contributed by atoms with Crippen LogP contribution in [0.2, 0.25) is 0 Å². The fourth-order valence-electron chi connectivity index (χ4n) is 0.729. The average molecular weight is 191 g/mol. The molecule has 0 spiro atoms. The van der Waals surface area contributed by atoms with Gasteiger partial charge >= 0.3 is 7.60 Å². The summed E-state index contributed by atoms with van der Waals surface area (Å²) in [5.74, 6) is 0. The van der Waals surface area contributed by atoms with Crippen molar-refractivity contribution in [1.82, 2.24) is 15.0 Å². The van der Waals surface area contributed by atoms with Crippen LogP contribution in [0.15, 0.2) is 6.20 Å². The van der Waals surface area contributed by atoms with Gasteiger partial charge in [0, 0.05) is 13.2 Å². The van der Waals surface area contributed by atoms with E-state index in [2.05, 4.69) is 10.3 Å². The van der Waals surface area contributed by atoms with Gasteiger partial charge in [0.05, 0.1) is 5.69 Å². The van der Waals surface area contributed by atoms with Gasteiger partial charge in [-0.05, 0) is 6.92 Å². The van der Waals surface area contributed by atoms with Gasteiger partial charge in [0.15, 0.2) is 0 Å². The molecule has 0 saturated carbocycles. The lowest BCUT2D eigenvalue weighted by atomic mass is 10.4. The van der Waals surface area contributed by atoms with Crippen LogP contribution in [-0.4, -0.2) is 24.8 Å². The third-order valence-electron chi connectivity index (χ3n) is 1.55. The van der Waals surface area contributed by atoms with Crippen molar-refractivity contribution < 1.29 is 14.4 Å². The van der Waals surface area contributed by atoms with Crippen LogP contribution >= 0.6 is 7.60 Å². The summed E-state index contributed by atoms with van der Waals surface area (Å²) in [5, 5.41) is 7.18. The van der Waals surface area contributed by atoms with E-state index in [0.717, 1.165) is 0 Å². The Morgan fingerprint density at radius 2 is 2.25 bits per heavy atom. The summed E-state index contributed by atoms with van der Waals surface area (Å²) < 4.78 is 12.2. The fraction of sp³-hybridized carbons (Fsp3) is 0.600. The maximum absolute atomic E-state index is 10.8. The molecule has 1 unspecified atom stereocenters. The van der Waals surface area contributed by atoms with E-state index in [4.69, 9.17) is 9.79 Å². The zero-order chi connectivity index (χ0) is 9.35. The predicted molar refractivity (Wildman–Crippen MR) is 41.5 cm³/mol. The third-order valence-corrected chi connectivity index (χ3v) is 2.83. The molecule has 0 saturated heterocycles. The summed E-state index contributed by atoms with van der Waals surface area (Å²) in [6.45, 7) is 1.42. The minimum absolute atomic E-state index is 0.311. The highest BCUT2D eigenvalue weighted by Gasteiger charge is 2.27. The van der Waals surface area contributed by atoms with E-state index in [-0.39, 0.29) is 0 Å². The van der Waals surface area contributed by atoms with Crippen LogP contribution in [0.3, 0.4) is 0 Å². The Labute approximate surface area is 69.4 Å². The van der Waals surface area contributed by atoms with Gasteiger partial charge in [-0.2, -0.15) is 0 Å². The first kappa shape index (κ1) is 9.38. The molecular formula is C5H10N3O3P. The first-order valence-corrected chi connectivity index (χ1v) is 5.01. The highest BCUT2D eigenvalue weighted by molar-refractivity contribution is 7.52. The zero-order valence-electron chi connectivity index (χ0n) is 6.75. The van der Waals surface area contributed by atoms with Gasteiger partial charge in [-0.25, -0.2) is 0 Å². The lowest BCUT2D eigenvalue weighted by Gasteiger charge is -2.08. The second-order valence-electron chi connectivity index (χ2n) is 2.58. The van der Waals surface area contributed by atoms with Crippen molar-refractivity contribution in [3.05, 3.63) is 11.9 Å². The number of hydrogen-bond acceptors (Lipinski definition) is 3. The normalized spacial score (nSPS) is 14.7. The van der Waals surface area contributed by atoms with E-state index in [9.17, 15) is 4.57 Å². The average Bonchev–Trinajstić information content (AvgIpc) is 2.32. The summed E-state index contributed by atoms with van der Waals surface area (Å²) >= 11 is 0. The second-order valence-corrected chi connectivity index (χ2v) is 4.53. The van der Waals surface area contributed by atoms with Crippen molar-refractivity contribution in [2.75, 3.05) is 0 Å². The van der Waals surface area contributed by atoms with Crippen LogP contribution < -0.4 is 0 Å². The van der Waals surface area contributed by atoms with Gasteiger partial charge in [-0.3, -0.25) is 9.25 Å². The van der Waals surface area contributed by atoms with Crippen molar-refractivity contribution in [2.45, 2.75) is 12.6 Å². The monoisotopic (exact) mass is 191 g/mol. The Kier molecular flexibility index (Phi) is 2.32. The van der Waals surface area contributed by atoms with Crippen molar-refractivity contribution in [3.8, 4) is 0 Å². The van der Waals surface area contributed by atoms with Crippen molar-refractivity contribution in [3.63, 3.8) is 0 Å². The van der Waals surface area contributed by atoms with E-state index in [1.165, 1.54) is 17.8 Å². The van der Waals surface area contributed by atoms with Gasteiger partial charge in [0.1, 0.15) is 5.66 Å². The molecule has 1 atom stereocenters. The first-order valence-electron chi connectivity index (χ1n) is 3.32. The molecule has 0 aliphatic heterocycles. The maximum Gasteiger partial charge on any atom is 0.334 e. The Hall–Kier alpha value is -0.710. The van der Waals surface area contributed by atoms with Crippen LogP contribution in [0.4, 0.5) is 0 Å². The van der Waals surface area contributed by atoms with Gasteiger partial charge in [-0.15, -0.1) is 5.10 Å². The van der Waals surface area contributed by atoms with Gasteiger partial charge in [-0.1, -0.05) is 5.21 Å². The molecule has 0 aromatic carbocycles. The van der Waals surface area contributed by atoms with Crippen LogP contribution in [0.25, 0.3) is 0 Å².